The molecule has 0 bridgehead atoms. The second-order valence-electron chi connectivity index (χ2n) is 10.1. The number of piperidine rings is 1. The van der Waals surface area contributed by atoms with Crippen LogP contribution in [0.3, 0.4) is 0 Å². The smallest absolute Gasteiger partial charge is 0.261 e. The van der Waals surface area contributed by atoms with Gasteiger partial charge in [0.1, 0.15) is 23.6 Å². The van der Waals surface area contributed by atoms with E-state index in [1.807, 2.05) is 0 Å². The molecule has 3 aliphatic rings. The fourth-order valence-corrected chi connectivity index (χ4v) is 6.11. The molecule has 2 aliphatic carbocycles. The van der Waals surface area contributed by atoms with Crippen molar-refractivity contribution in [3.05, 3.63) is 28.2 Å². The number of amides is 2. The predicted octanol–water partition coefficient (Wildman–Crippen LogP) is 4.01. The number of nitrogens with one attached hydrogen (secondary N) is 1. The molecular formula is C25H29Cl2N3O4. The Kier molecular flexibility index (Phi) is 7.12. The number of carbonyl (C=O) groups excluding carboxylic acids is 3. The van der Waals surface area contributed by atoms with Gasteiger partial charge in [-0.05, 0) is 54.7 Å². The molecule has 1 aromatic carbocycles. The molecule has 1 heterocycles. The average Bonchev–Trinajstić information content (AvgIpc) is 3.12. The summed E-state index contributed by atoms with van der Waals surface area (Å²) in [5.74, 6) is -0.108. The fourth-order valence-electron chi connectivity index (χ4n) is 5.65. The van der Waals surface area contributed by atoms with E-state index in [1.165, 1.54) is 6.07 Å². The van der Waals surface area contributed by atoms with Crippen molar-refractivity contribution in [2.75, 3.05) is 13.2 Å². The molecule has 9 heteroatoms. The molecule has 0 radical (unpaired) electrons. The lowest BCUT2D eigenvalue weighted by molar-refractivity contribution is -0.142. The predicted molar refractivity (Wildman–Crippen MR) is 127 cm³/mol. The molecule has 2 amide bonds. The van der Waals surface area contributed by atoms with Crippen molar-refractivity contribution in [2.45, 2.75) is 58.0 Å². The number of Topliss-reactive ketones (excluding diaryl/α,β-unsaturated/α-hetero) is 1. The molecule has 1 aromatic rings. The molecule has 1 aliphatic heterocycles. The lowest BCUT2D eigenvalue weighted by Crippen LogP contribution is -2.53. The number of nitrogens with zero attached hydrogens (tertiary/aromatic N) is 2. The first-order chi connectivity index (χ1) is 16.1. The number of benzene rings is 1. The van der Waals surface area contributed by atoms with Gasteiger partial charge in [0.15, 0.2) is 6.61 Å². The minimum absolute atomic E-state index is 0.0197. The van der Waals surface area contributed by atoms with Crippen LogP contribution in [0.25, 0.3) is 0 Å². The summed E-state index contributed by atoms with van der Waals surface area (Å²) in [5, 5.41) is 13.2. The SMILES string of the molecule is CC1(C)[C@@H]2C(C(=O)N[C@H](C#N)C[C@@H]3CCCCC3=O)N(C(=O)COc3ccc(Cl)cc3Cl)C[C@@H]21. The maximum Gasteiger partial charge on any atom is 0.261 e. The van der Waals surface area contributed by atoms with Gasteiger partial charge in [-0.15, -0.1) is 0 Å². The second kappa shape index (κ2) is 9.75. The second-order valence-corrected chi connectivity index (χ2v) is 11.0. The first-order valence-corrected chi connectivity index (χ1v) is 12.5. The minimum atomic E-state index is -0.762. The first kappa shape index (κ1) is 24.8. The van der Waals surface area contributed by atoms with Gasteiger partial charge in [-0.1, -0.05) is 43.5 Å². The van der Waals surface area contributed by atoms with E-state index in [2.05, 4.69) is 25.2 Å². The van der Waals surface area contributed by atoms with E-state index in [1.54, 1.807) is 17.0 Å². The van der Waals surface area contributed by atoms with Crippen molar-refractivity contribution >= 4 is 40.8 Å². The van der Waals surface area contributed by atoms with E-state index in [0.717, 1.165) is 19.3 Å². The summed E-state index contributed by atoms with van der Waals surface area (Å²) < 4.78 is 5.61. The van der Waals surface area contributed by atoms with Gasteiger partial charge in [0.05, 0.1) is 11.1 Å². The van der Waals surface area contributed by atoms with Crippen molar-refractivity contribution in [1.82, 2.24) is 10.2 Å². The molecular weight excluding hydrogens is 477 g/mol. The number of nitriles is 1. The summed E-state index contributed by atoms with van der Waals surface area (Å²) in [6.07, 6.45) is 3.46. The Hall–Kier alpha value is -2.30. The number of carbonyl (C=O) groups is 3. The molecule has 1 saturated heterocycles. The maximum absolute atomic E-state index is 13.3. The Morgan fingerprint density at radius 3 is 2.76 bits per heavy atom. The molecule has 3 fully saturated rings. The van der Waals surface area contributed by atoms with Crippen molar-refractivity contribution < 1.29 is 19.1 Å². The molecule has 1 N–H and O–H groups in total. The zero-order chi connectivity index (χ0) is 24.6. The molecule has 182 valence electrons. The van der Waals surface area contributed by atoms with Gasteiger partial charge < -0.3 is 15.0 Å². The van der Waals surface area contributed by atoms with E-state index < -0.39 is 12.1 Å². The van der Waals surface area contributed by atoms with Crippen LogP contribution in [0.15, 0.2) is 18.2 Å². The highest BCUT2D eigenvalue weighted by Gasteiger charge is 2.69. The summed E-state index contributed by atoms with van der Waals surface area (Å²) in [5.41, 5.74) is -0.0550. The molecule has 4 rings (SSSR count). The lowest BCUT2D eigenvalue weighted by Gasteiger charge is -2.31. The number of hydrogen-bond donors (Lipinski definition) is 1. The van der Waals surface area contributed by atoms with Crippen LogP contribution in [-0.2, 0) is 14.4 Å². The van der Waals surface area contributed by atoms with Crippen molar-refractivity contribution in [1.29, 1.82) is 5.26 Å². The van der Waals surface area contributed by atoms with E-state index in [0.29, 0.717) is 35.2 Å². The molecule has 34 heavy (non-hydrogen) atoms. The van der Waals surface area contributed by atoms with Gasteiger partial charge in [0.2, 0.25) is 5.91 Å². The number of hydrogen-bond acceptors (Lipinski definition) is 5. The molecule has 1 unspecified atom stereocenters. The Morgan fingerprint density at radius 2 is 2.09 bits per heavy atom. The third-order valence-electron chi connectivity index (χ3n) is 7.72. The van der Waals surface area contributed by atoms with Crippen molar-refractivity contribution in [3.8, 4) is 11.8 Å². The average molecular weight is 506 g/mol. The van der Waals surface area contributed by atoms with Crippen molar-refractivity contribution in [2.24, 2.45) is 23.2 Å². The van der Waals surface area contributed by atoms with Crippen LogP contribution in [0.4, 0.5) is 0 Å². The van der Waals surface area contributed by atoms with Gasteiger partial charge in [-0.2, -0.15) is 5.26 Å². The number of likely N-dealkylation sites (tertiary alicyclic amines) is 1. The highest BCUT2D eigenvalue weighted by atomic mass is 35.5. The lowest BCUT2D eigenvalue weighted by atomic mass is 9.84. The van der Waals surface area contributed by atoms with E-state index in [4.69, 9.17) is 27.9 Å². The van der Waals surface area contributed by atoms with E-state index >= 15 is 0 Å². The number of fused-ring (bicyclic) bond motifs is 1. The van der Waals surface area contributed by atoms with Gasteiger partial charge >= 0.3 is 0 Å². The number of rotatable bonds is 7. The van der Waals surface area contributed by atoms with E-state index in [9.17, 15) is 19.6 Å². The first-order valence-electron chi connectivity index (χ1n) is 11.7. The number of ether oxygens (including phenoxy) is 1. The highest BCUT2D eigenvalue weighted by Crippen LogP contribution is 2.64. The van der Waals surface area contributed by atoms with Gasteiger partial charge in [-0.25, -0.2) is 0 Å². The zero-order valence-electron chi connectivity index (χ0n) is 19.4. The van der Waals surface area contributed by atoms with Crippen LogP contribution in [0.2, 0.25) is 10.0 Å². The summed E-state index contributed by atoms with van der Waals surface area (Å²) in [7, 11) is 0. The topological polar surface area (TPSA) is 99.5 Å². The molecule has 0 spiro atoms. The number of halogens is 2. The maximum atomic E-state index is 13.3. The quantitative estimate of drug-likeness (QED) is 0.603. The fraction of sp³-hybridized carbons (Fsp3) is 0.600. The van der Waals surface area contributed by atoms with Crippen LogP contribution >= 0.6 is 23.2 Å². The molecule has 2 saturated carbocycles. The molecule has 7 nitrogen and oxygen atoms in total. The highest BCUT2D eigenvalue weighted by molar-refractivity contribution is 6.35. The van der Waals surface area contributed by atoms with Gasteiger partial charge in [-0.3, -0.25) is 14.4 Å². The Bertz CT molecular complexity index is 1040. The summed E-state index contributed by atoms with van der Waals surface area (Å²) in [6, 6.07) is 5.45. The van der Waals surface area contributed by atoms with Crippen LogP contribution < -0.4 is 10.1 Å². The Labute approximate surface area is 209 Å². The Balaban J connectivity index is 1.42. The standard InChI is InChI=1S/C25H29Cl2N3O4/c1-25(2)17-12-30(21(32)13-34-20-8-7-15(26)10-18(20)27)23(22(17)25)24(33)29-16(11-28)9-14-5-3-4-6-19(14)31/h7-8,10,14,16-17,22-23H,3-6,9,12-13H2,1-2H3,(H,29,33)/t14-,16-,17-,22-,23?/m0/s1. The van der Waals surface area contributed by atoms with E-state index in [-0.39, 0.29) is 47.4 Å². The minimum Gasteiger partial charge on any atom is -0.482 e. The largest absolute Gasteiger partial charge is 0.482 e. The third kappa shape index (κ3) is 4.89. The van der Waals surface area contributed by atoms with Crippen molar-refractivity contribution in [3.63, 3.8) is 0 Å². The molecule has 0 aromatic heterocycles. The molecule has 5 atom stereocenters. The van der Waals surface area contributed by atoms with Gasteiger partial charge in [0, 0.05) is 23.9 Å². The Morgan fingerprint density at radius 1 is 1.32 bits per heavy atom. The van der Waals surface area contributed by atoms with Gasteiger partial charge in [0.25, 0.3) is 5.91 Å². The van der Waals surface area contributed by atoms with Crippen LogP contribution in [-0.4, -0.2) is 47.7 Å². The monoisotopic (exact) mass is 505 g/mol. The zero-order valence-corrected chi connectivity index (χ0v) is 20.9. The van der Waals surface area contributed by atoms with Crippen LogP contribution in [0.1, 0.15) is 46.0 Å². The normalized spacial score (nSPS) is 28.0. The van der Waals surface area contributed by atoms with Crippen LogP contribution in [0.5, 0.6) is 5.75 Å². The summed E-state index contributed by atoms with van der Waals surface area (Å²) in [4.78, 5) is 40.1. The number of ketones is 1. The third-order valence-corrected chi connectivity index (χ3v) is 8.25. The van der Waals surface area contributed by atoms with Crippen LogP contribution in [0, 0.1) is 34.5 Å². The summed E-state index contributed by atoms with van der Waals surface area (Å²) in [6.45, 7) is 4.39. The summed E-state index contributed by atoms with van der Waals surface area (Å²) >= 11 is 12.0.